The van der Waals surface area contributed by atoms with Gasteiger partial charge in [-0.05, 0) is 12.1 Å². The van der Waals surface area contributed by atoms with Gasteiger partial charge in [0.25, 0.3) is 0 Å². The molecule has 0 bridgehead atoms. The summed E-state index contributed by atoms with van der Waals surface area (Å²) in [6.45, 7) is 0. The summed E-state index contributed by atoms with van der Waals surface area (Å²) in [6.07, 6.45) is 2.43. The average Bonchev–Trinajstić information content (AvgIpc) is 2.29. The zero-order valence-electron chi connectivity index (χ0n) is 8.39. The van der Waals surface area contributed by atoms with Gasteiger partial charge in [0, 0.05) is 24.0 Å². The second-order valence-corrected chi connectivity index (χ2v) is 3.18. The Morgan fingerprint density at radius 1 is 1.18 bits per heavy atom. The van der Waals surface area contributed by atoms with Crippen LogP contribution in [0.4, 0.5) is 8.78 Å². The van der Waals surface area contributed by atoms with Crippen molar-refractivity contribution in [3.63, 3.8) is 0 Å². The summed E-state index contributed by atoms with van der Waals surface area (Å²) in [7, 11) is 0. The Labute approximate surface area is 94.6 Å². The highest BCUT2D eigenvalue weighted by Crippen LogP contribution is 2.23. The van der Waals surface area contributed by atoms with Gasteiger partial charge in [0.05, 0.1) is 0 Å². The number of hydrogen-bond acceptors (Lipinski definition) is 3. The molecule has 0 aliphatic carbocycles. The van der Waals surface area contributed by atoms with E-state index < -0.39 is 17.6 Å². The molecule has 0 aliphatic rings. The first-order chi connectivity index (χ1) is 8.09. The number of rotatable bonds is 2. The maximum Gasteiger partial charge on any atom is 0.356 e. The molecule has 17 heavy (non-hydrogen) atoms. The summed E-state index contributed by atoms with van der Waals surface area (Å²) < 4.78 is 26.2. The lowest BCUT2D eigenvalue weighted by atomic mass is 10.1. The summed E-state index contributed by atoms with van der Waals surface area (Å²) >= 11 is 0. The lowest BCUT2D eigenvalue weighted by Crippen LogP contribution is -2.05. The van der Waals surface area contributed by atoms with Crippen LogP contribution >= 0.6 is 0 Å². The molecule has 0 atom stereocenters. The quantitative estimate of drug-likeness (QED) is 0.867. The zero-order chi connectivity index (χ0) is 12.4. The maximum atomic E-state index is 13.5. The lowest BCUT2D eigenvalue weighted by molar-refractivity contribution is 0.0691. The fourth-order valence-electron chi connectivity index (χ4n) is 1.37. The minimum absolute atomic E-state index is 0.100. The van der Waals surface area contributed by atoms with Crippen molar-refractivity contribution in [2.45, 2.75) is 0 Å². The minimum Gasteiger partial charge on any atom is -0.476 e. The van der Waals surface area contributed by atoms with Gasteiger partial charge >= 0.3 is 5.97 Å². The minimum atomic E-state index is -1.32. The third-order valence-corrected chi connectivity index (χ3v) is 2.09. The highest BCUT2D eigenvalue weighted by molar-refractivity contribution is 5.92. The normalized spacial score (nSPS) is 10.2. The van der Waals surface area contributed by atoms with Crippen LogP contribution in [0.5, 0.6) is 0 Å². The number of aromatic nitrogens is 2. The first kappa shape index (κ1) is 11.1. The second kappa shape index (κ2) is 4.25. The van der Waals surface area contributed by atoms with Gasteiger partial charge < -0.3 is 5.11 Å². The van der Waals surface area contributed by atoms with Crippen LogP contribution < -0.4 is 0 Å². The van der Waals surface area contributed by atoms with E-state index in [0.29, 0.717) is 6.07 Å². The van der Waals surface area contributed by atoms with E-state index in [-0.39, 0.29) is 17.0 Å². The molecule has 0 spiro atoms. The molecule has 0 radical (unpaired) electrons. The Morgan fingerprint density at radius 3 is 2.53 bits per heavy atom. The monoisotopic (exact) mass is 236 g/mol. The number of benzene rings is 1. The van der Waals surface area contributed by atoms with Crippen LogP contribution in [-0.2, 0) is 0 Å². The Balaban J connectivity index is 2.64. The van der Waals surface area contributed by atoms with Crippen molar-refractivity contribution in [3.05, 3.63) is 47.9 Å². The molecule has 0 saturated carbocycles. The maximum absolute atomic E-state index is 13.5. The van der Waals surface area contributed by atoms with Crippen molar-refractivity contribution in [3.8, 4) is 11.3 Å². The van der Waals surface area contributed by atoms with Crippen molar-refractivity contribution < 1.29 is 18.7 Å². The number of nitrogens with zero attached hydrogens (tertiary/aromatic N) is 2. The van der Waals surface area contributed by atoms with Gasteiger partial charge in [-0.1, -0.05) is 0 Å². The van der Waals surface area contributed by atoms with Gasteiger partial charge in [-0.3, -0.25) is 4.98 Å². The van der Waals surface area contributed by atoms with Gasteiger partial charge in [-0.2, -0.15) is 0 Å². The molecule has 2 rings (SSSR count). The van der Waals surface area contributed by atoms with Crippen LogP contribution in [0.3, 0.4) is 0 Å². The molecule has 1 aromatic heterocycles. The molecule has 1 aromatic carbocycles. The van der Waals surface area contributed by atoms with Crippen LogP contribution in [0.15, 0.2) is 30.6 Å². The molecule has 0 amide bonds. The zero-order valence-corrected chi connectivity index (χ0v) is 8.39. The summed E-state index contributed by atoms with van der Waals surface area (Å²) in [5.74, 6) is -2.95. The average molecular weight is 236 g/mol. The Bertz CT molecular complexity index is 587. The Hall–Kier alpha value is -2.37. The lowest BCUT2D eigenvalue weighted by Gasteiger charge is -2.04. The van der Waals surface area contributed by atoms with E-state index in [1.54, 1.807) is 0 Å². The van der Waals surface area contributed by atoms with Crippen molar-refractivity contribution >= 4 is 5.97 Å². The van der Waals surface area contributed by atoms with Crippen molar-refractivity contribution in [1.29, 1.82) is 0 Å². The fraction of sp³-hybridized carbons (Fsp3) is 0. The van der Waals surface area contributed by atoms with Gasteiger partial charge in [-0.25, -0.2) is 18.6 Å². The standard InChI is InChI=1S/C11H6F2N2O2/c12-6-1-2-7(8(13)5-6)9-10(11(16)17)15-4-3-14-9/h1-5H,(H,16,17). The third kappa shape index (κ3) is 2.10. The molecule has 0 unspecified atom stereocenters. The van der Waals surface area contributed by atoms with Gasteiger partial charge in [0.1, 0.15) is 17.3 Å². The number of carboxylic acid groups (broad SMARTS) is 1. The summed E-state index contributed by atoms with van der Waals surface area (Å²) in [5, 5.41) is 8.87. The van der Waals surface area contributed by atoms with Gasteiger partial charge in [0.15, 0.2) is 5.69 Å². The fourth-order valence-corrected chi connectivity index (χ4v) is 1.37. The largest absolute Gasteiger partial charge is 0.476 e. The van der Waals surface area contributed by atoms with Crippen LogP contribution in [0.25, 0.3) is 11.3 Å². The molecule has 0 fully saturated rings. The first-order valence-electron chi connectivity index (χ1n) is 4.59. The summed E-state index contributed by atoms with van der Waals surface area (Å²) in [5.41, 5.74) is -0.604. The van der Waals surface area contributed by atoms with E-state index in [4.69, 9.17) is 5.11 Å². The molecule has 6 heteroatoms. The molecular weight excluding hydrogens is 230 g/mol. The van der Waals surface area contributed by atoms with Crippen LogP contribution in [-0.4, -0.2) is 21.0 Å². The van der Waals surface area contributed by atoms with Gasteiger partial charge in [-0.15, -0.1) is 0 Å². The highest BCUT2D eigenvalue weighted by Gasteiger charge is 2.17. The Kier molecular flexibility index (Phi) is 2.78. The summed E-state index contributed by atoms with van der Waals surface area (Å²) in [4.78, 5) is 18.2. The van der Waals surface area contributed by atoms with Crippen LogP contribution in [0.1, 0.15) is 10.5 Å². The topological polar surface area (TPSA) is 63.1 Å². The van der Waals surface area contributed by atoms with E-state index in [2.05, 4.69) is 9.97 Å². The molecule has 86 valence electrons. The molecule has 1 heterocycles. The van der Waals surface area contributed by atoms with E-state index in [1.165, 1.54) is 12.4 Å². The molecular formula is C11H6F2N2O2. The van der Waals surface area contributed by atoms with E-state index in [1.807, 2.05) is 0 Å². The first-order valence-corrected chi connectivity index (χ1v) is 4.59. The van der Waals surface area contributed by atoms with E-state index >= 15 is 0 Å². The number of halogens is 2. The molecule has 4 nitrogen and oxygen atoms in total. The van der Waals surface area contributed by atoms with Crippen LogP contribution in [0.2, 0.25) is 0 Å². The number of carbonyl (C=O) groups is 1. The van der Waals surface area contributed by atoms with Gasteiger partial charge in [0.2, 0.25) is 0 Å². The molecule has 0 aliphatic heterocycles. The predicted molar refractivity (Wildman–Crippen MR) is 54.3 cm³/mol. The highest BCUT2D eigenvalue weighted by atomic mass is 19.1. The SMILES string of the molecule is O=C(O)c1nccnc1-c1ccc(F)cc1F. The summed E-state index contributed by atoms with van der Waals surface area (Å²) in [6, 6.07) is 2.81. The number of carboxylic acids is 1. The third-order valence-electron chi connectivity index (χ3n) is 2.09. The molecule has 0 saturated heterocycles. The van der Waals surface area contributed by atoms with E-state index in [9.17, 15) is 13.6 Å². The van der Waals surface area contributed by atoms with Crippen molar-refractivity contribution in [2.75, 3.05) is 0 Å². The van der Waals surface area contributed by atoms with Crippen LogP contribution in [0, 0.1) is 11.6 Å². The predicted octanol–water partition coefficient (Wildman–Crippen LogP) is 2.12. The molecule has 1 N–H and O–H groups in total. The van der Waals surface area contributed by atoms with Crippen molar-refractivity contribution in [1.82, 2.24) is 9.97 Å². The van der Waals surface area contributed by atoms with Crippen molar-refractivity contribution in [2.24, 2.45) is 0 Å². The number of aromatic carboxylic acids is 1. The second-order valence-electron chi connectivity index (χ2n) is 3.18. The van der Waals surface area contributed by atoms with E-state index in [0.717, 1.165) is 12.1 Å². The molecule has 2 aromatic rings. The Morgan fingerprint density at radius 2 is 1.88 bits per heavy atom. The number of hydrogen-bond donors (Lipinski definition) is 1. The smallest absolute Gasteiger partial charge is 0.356 e.